The zero-order valence-corrected chi connectivity index (χ0v) is 18.7. The van der Waals surface area contributed by atoms with Gasteiger partial charge in [-0.25, -0.2) is 8.42 Å². The van der Waals surface area contributed by atoms with Crippen molar-refractivity contribution >= 4 is 38.9 Å². The van der Waals surface area contributed by atoms with Gasteiger partial charge in [0.15, 0.2) is 11.5 Å². The number of benzene rings is 3. The van der Waals surface area contributed by atoms with Crippen LogP contribution in [-0.2, 0) is 21.0 Å². The zero-order chi connectivity index (χ0) is 24.5. The zero-order valence-electron chi connectivity index (χ0n) is 17.1. The molecule has 1 heterocycles. The lowest BCUT2D eigenvalue weighted by molar-refractivity contribution is -0.137. The van der Waals surface area contributed by atoms with Gasteiger partial charge in [-0.3, -0.25) is 9.52 Å². The number of para-hydroxylation sites is 2. The number of carbonyl (C=O) groups excluding carboxylic acids is 1. The Morgan fingerprint density at radius 2 is 1.62 bits per heavy atom. The van der Waals surface area contributed by atoms with Crippen molar-refractivity contribution in [3.8, 4) is 11.5 Å². The van der Waals surface area contributed by atoms with Gasteiger partial charge in [-0.2, -0.15) is 13.2 Å². The molecule has 0 saturated heterocycles. The van der Waals surface area contributed by atoms with Crippen LogP contribution in [-0.4, -0.2) is 27.0 Å². The lowest BCUT2D eigenvalue weighted by atomic mass is 10.2. The van der Waals surface area contributed by atoms with Gasteiger partial charge in [-0.05, 0) is 54.6 Å². The largest absolute Gasteiger partial charge is 0.485 e. The minimum absolute atomic E-state index is 0.000234. The molecule has 7 nitrogen and oxygen atoms in total. The summed E-state index contributed by atoms with van der Waals surface area (Å²) in [5, 5.41) is 2.05. The number of sulfonamides is 1. The van der Waals surface area contributed by atoms with Crippen molar-refractivity contribution < 1.29 is 35.9 Å². The molecule has 12 heteroatoms. The predicted octanol–water partition coefficient (Wildman–Crippen LogP) is 4.94. The van der Waals surface area contributed by atoms with Crippen LogP contribution in [0, 0.1) is 0 Å². The monoisotopic (exact) mass is 512 g/mol. The Morgan fingerprint density at radius 1 is 0.971 bits per heavy atom. The van der Waals surface area contributed by atoms with Crippen molar-refractivity contribution in [3.05, 3.63) is 77.3 Å². The van der Waals surface area contributed by atoms with E-state index < -0.39 is 38.8 Å². The molecule has 0 radical (unpaired) electrons. The Labute approximate surface area is 197 Å². The molecule has 1 amide bonds. The molecular weight excluding hydrogens is 497 g/mol. The molecule has 3 aromatic rings. The van der Waals surface area contributed by atoms with Gasteiger partial charge >= 0.3 is 6.18 Å². The second-order valence-corrected chi connectivity index (χ2v) is 9.27. The van der Waals surface area contributed by atoms with Gasteiger partial charge in [0.2, 0.25) is 6.10 Å². The van der Waals surface area contributed by atoms with Crippen molar-refractivity contribution in [1.82, 2.24) is 0 Å². The third-order valence-electron chi connectivity index (χ3n) is 4.76. The number of hydrogen-bond donors (Lipinski definition) is 2. The van der Waals surface area contributed by atoms with Crippen LogP contribution in [0.5, 0.6) is 11.5 Å². The summed E-state index contributed by atoms with van der Waals surface area (Å²) in [6.45, 7) is 0.000234. The van der Waals surface area contributed by atoms with Crippen LogP contribution < -0.4 is 19.5 Å². The van der Waals surface area contributed by atoms with E-state index in [1.54, 1.807) is 24.3 Å². The number of hydrogen-bond acceptors (Lipinski definition) is 5. The molecule has 2 N–H and O–H groups in total. The van der Waals surface area contributed by atoms with Crippen molar-refractivity contribution in [2.75, 3.05) is 16.6 Å². The van der Waals surface area contributed by atoms with Gasteiger partial charge in [0.05, 0.1) is 15.5 Å². The molecule has 178 valence electrons. The van der Waals surface area contributed by atoms with Crippen LogP contribution in [0.25, 0.3) is 0 Å². The number of amides is 1. The Bertz CT molecular complexity index is 1330. The van der Waals surface area contributed by atoms with Crippen LogP contribution in [0.3, 0.4) is 0 Å². The number of nitrogens with one attached hydrogen (secondary N) is 2. The summed E-state index contributed by atoms with van der Waals surface area (Å²) in [7, 11) is -4.21. The highest BCUT2D eigenvalue weighted by atomic mass is 35.5. The number of fused-ring (bicyclic) bond motifs is 1. The van der Waals surface area contributed by atoms with Crippen LogP contribution in [0.4, 0.5) is 24.5 Å². The third kappa shape index (κ3) is 5.20. The second kappa shape index (κ2) is 9.07. The van der Waals surface area contributed by atoms with Gasteiger partial charge in [-0.1, -0.05) is 23.7 Å². The van der Waals surface area contributed by atoms with E-state index in [4.69, 9.17) is 21.1 Å². The third-order valence-corrected chi connectivity index (χ3v) is 6.48. The maximum absolute atomic E-state index is 13.0. The molecule has 0 aliphatic carbocycles. The number of anilines is 2. The summed E-state index contributed by atoms with van der Waals surface area (Å²) in [5.41, 5.74) is -1.18. The highest BCUT2D eigenvalue weighted by Gasteiger charge is 2.34. The van der Waals surface area contributed by atoms with E-state index in [0.717, 1.165) is 12.1 Å². The summed E-state index contributed by atoms with van der Waals surface area (Å²) in [6, 6.07) is 14.7. The van der Waals surface area contributed by atoms with Gasteiger partial charge in [-0.15, -0.1) is 0 Å². The van der Waals surface area contributed by atoms with E-state index in [0.29, 0.717) is 17.6 Å². The van der Waals surface area contributed by atoms with E-state index >= 15 is 0 Å². The van der Waals surface area contributed by atoms with E-state index in [1.807, 2.05) is 0 Å². The van der Waals surface area contributed by atoms with E-state index in [1.165, 1.54) is 24.3 Å². The van der Waals surface area contributed by atoms with Crippen LogP contribution >= 0.6 is 11.6 Å². The summed E-state index contributed by atoms with van der Waals surface area (Å²) in [6.07, 6.45) is -5.65. The molecule has 1 aliphatic heterocycles. The van der Waals surface area contributed by atoms with Crippen molar-refractivity contribution in [2.24, 2.45) is 0 Å². The molecule has 1 atom stereocenters. The minimum Gasteiger partial charge on any atom is -0.485 e. The Kier molecular flexibility index (Phi) is 6.32. The molecule has 0 spiro atoms. The molecule has 4 rings (SSSR count). The quantitative estimate of drug-likeness (QED) is 0.505. The van der Waals surface area contributed by atoms with Crippen molar-refractivity contribution in [2.45, 2.75) is 17.2 Å². The highest BCUT2D eigenvalue weighted by molar-refractivity contribution is 7.92. The van der Waals surface area contributed by atoms with Crippen molar-refractivity contribution in [1.29, 1.82) is 0 Å². The molecule has 0 aromatic heterocycles. The number of ether oxygens (including phenoxy) is 2. The summed E-state index contributed by atoms with van der Waals surface area (Å²) < 4.78 is 77.5. The summed E-state index contributed by atoms with van der Waals surface area (Å²) >= 11 is 5.56. The molecule has 3 aromatic carbocycles. The number of halogens is 4. The Morgan fingerprint density at radius 3 is 2.29 bits per heavy atom. The molecule has 34 heavy (non-hydrogen) atoms. The number of alkyl halides is 3. The normalized spacial score (nSPS) is 15.5. The van der Waals surface area contributed by atoms with Crippen LogP contribution in [0.2, 0.25) is 5.02 Å². The first-order valence-corrected chi connectivity index (χ1v) is 11.6. The summed E-state index contributed by atoms with van der Waals surface area (Å²) in [4.78, 5) is 12.3. The summed E-state index contributed by atoms with van der Waals surface area (Å²) in [5.74, 6) is 0.457. The van der Waals surface area contributed by atoms with Crippen LogP contribution in [0.15, 0.2) is 71.6 Å². The fourth-order valence-corrected chi connectivity index (χ4v) is 4.38. The van der Waals surface area contributed by atoms with Gasteiger partial charge < -0.3 is 14.8 Å². The Hall–Kier alpha value is -3.44. The predicted molar refractivity (Wildman–Crippen MR) is 119 cm³/mol. The average molecular weight is 513 g/mol. The standard InChI is InChI=1S/C22H16ClF3N2O5S/c23-17-10-7-14(11-16(17)22(24,25)26)28-34(30,31)15-8-5-13(6-9-15)27-21(29)20-12-32-18-3-1-2-4-19(18)33-20/h1-11,20,28H,12H2,(H,27,29). The van der Waals surface area contributed by atoms with E-state index in [9.17, 15) is 26.4 Å². The number of rotatable bonds is 5. The molecule has 0 bridgehead atoms. The maximum atomic E-state index is 13.0. The first-order valence-electron chi connectivity index (χ1n) is 9.72. The van der Waals surface area contributed by atoms with E-state index in [-0.39, 0.29) is 22.9 Å². The topological polar surface area (TPSA) is 93.7 Å². The van der Waals surface area contributed by atoms with Gasteiger partial charge in [0.25, 0.3) is 15.9 Å². The smallest absolute Gasteiger partial charge is 0.417 e. The lowest BCUT2D eigenvalue weighted by Crippen LogP contribution is -2.40. The fourth-order valence-electron chi connectivity index (χ4n) is 3.11. The molecule has 1 aliphatic rings. The SMILES string of the molecule is O=C(Nc1ccc(S(=O)(=O)Nc2ccc(Cl)c(C(F)(F)F)c2)cc1)C1COc2ccccc2O1. The first kappa shape index (κ1) is 23.7. The molecule has 0 fully saturated rings. The van der Waals surface area contributed by atoms with Gasteiger partial charge in [0, 0.05) is 11.4 Å². The molecule has 0 saturated carbocycles. The van der Waals surface area contributed by atoms with Crippen LogP contribution in [0.1, 0.15) is 5.56 Å². The fraction of sp³-hybridized carbons (Fsp3) is 0.136. The van der Waals surface area contributed by atoms with Crippen molar-refractivity contribution in [3.63, 3.8) is 0 Å². The highest BCUT2D eigenvalue weighted by Crippen LogP contribution is 2.36. The average Bonchev–Trinajstić information content (AvgIpc) is 2.79. The Balaban J connectivity index is 1.43. The van der Waals surface area contributed by atoms with E-state index in [2.05, 4.69) is 10.0 Å². The minimum atomic E-state index is -4.74. The number of carbonyl (C=O) groups is 1. The second-order valence-electron chi connectivity index (χ2n) is 7.18. The molecule has 1 unspecified atom stereocenters. The maximum Gasteiger partial charge on any atom is 0.417 e. The van der Waals surface area contributed by atoms with Gasteiger partial charge in [0.1, 0.15) is 6.61 Å². The molecular formula is C22H16ClF3N2O5S. The lowest BCUT2D eigenvalue weighted by Gasteiger charge is -2.25. The first-order chi connectivity index (χ1) is 16.0.